The molecular weight excluding hydrogens is 294 g/mol. The van der Waals surface area contributed by atoms with Gasteiger partial charge in [-0.25, -0.2) is 0 Å². The van der Waals surface area contributed by atoms with Gasteiger partial charge in [-0.15, -0.1) is 0 Å². The monoisotopic (exact) mass is 299 g/mol. The summed E-state index contributed by atoms with van der Waals surface area (Å²) in [5, 5.41) is 29.4. The predicted octanol–water partition coefficient (Wildman–Crippen LogP) is 3.78. The zero-order chi connectivity index (χ0) is 15.4. The molecule has 2 rings (SSSR count). The number of nitro groups is 1. The van der Waals surface area contributed by atoms with Gasteiger partial charge in [0.15, 0.2) is 0 Å². The smallest absolute Gasteiger partial charge is 0.312 e. The van der Waals surface area contributed by atoms with Crippen LogP contribution in [-0.4, -0.2) is 4.92 Å². The van der Waals surface area contributed by atoms with Crippen LogP contribution in [0.3, 0.4) is 0 Å². The van der Waals surface area contributed by atoms with Crippen LogP contribution in [0.25, 0.3) is 0 Å². The topological polar surface area (TPSA) is 99.9 Å². The van der Waals surface area contributed by atoms with Crippen molar-refractivity contribution in [3.8, 4) is 23.6 Å². The van der Waals surface area contributed by atoms with Crippen LogP contribution in [0.1, 0.15) is 11.1 Å². The summed E-state index contributed by atoms with van der Waals surface area (Å²) in [6.45, 7) is 0. The van der Waals surface area contributed by atoms with Crippen LogP contribution in [0.5, 0.6) is 11.5 Å². The van der Waals surface area contributed by atoms with Crippen molar-refractivity contribution < 1.29 is 9.66 Å². The zero-order valence-electron chi connectivity index (χ0n) is 10.4. The molecule has 2 aromatic rings. The molecular formula is C14H6ClN3O3. The van der Waals surface area contributed by atoms with Crippen LogP contribution in [0, 0.1) is 32.8 Å². The van der Waals surface area contributed by atoms with Gasteiger partial charge in [0.05, 0.1) is 16.1 Å². The van der Waals surface area contributed by atoms with Crippen molar-refractivity contribution in [2.24, 2.45) is 0 Å². The maximum Gasteiger partial charge on any atom is 0.312 e. The lowest BCUT2D eigenvalue weighted by molar-refractivity contribution is -0.385. The average Bonchev–Trinajstić information content (AvgIpc) is 2.48. The molecule has 0 saturated heterocycles. The highest BCUT2D eigenvalue weighted by Gasteiger charge is 2.20. The van der Waals surface area contributed by atoms with E-state index in [4.69, 9.17) is 26.9 Å². The summed E-state index contributed by atoms with van der Waals surface area (Å²) < 4.78 is 5.41. The van der Waals surface area contributed by atoms with E-state index in [1.165, 1.54) is 18.2 Å². The number of ether oxygens (including phenoxy) is 1. The van der Waals surface area contributed by atoms with E-state index >= 15 is 0 Å². The first-order chi connectivity index (χ1) is 10.0. The summed E-state index contributed by atoms with van der Waals surface area (Å²) in [5.41, 5.74) is -0.458. The summed E-state index contributed by atoms with van der Waals surface area (Å²) in [6, 6.07) is 11.9. The summed E-state index contributed by atoms with van der Waals surface area (Å²) in [5.74, 6) is 0.217. The van der Waals surface area contributed by atoms with E-state index in [0.717, 1.165) is 6.07 Å². The minimum absolute atomic E-state index is 0.00654. The normalized spacial score (nSPS) is 9.48. The summed E-state index contributed by atoms with van der Waals surface area (Å²) in [6.07, 6.45) is 0. The predicted molar refractivity (Wildman–Crippen MR) is 74.1 cm³/mol. The second-order valence-corrected chi connectivity index (χ2v) is 4.34. The lowest BCUT2D eigenvalue weighted by Crippen LogP contribution is -1.96. The first kappa shape index (κ1) is 14.3. The molecule has 102 valence electrons. The summed E-state index contributed by atoms with van der Waals surface area (Å²) in [7, 11) is 0. The molecule has 7 heteroatoms. The van der Waals surface area contributed by atoms with Gasteiger partial charge >= 0.3 is 5.69 Å². The zero-order valence-corrected chi connectivity index (χ0v) is 11.2. The van der Waals surface area contributed by atoms with Crippen LogP contribution in [0.15, 0.2) is 36.4 Å². The van der Waals surface area contributed by atoms with E-state index in [1.54, 1.807) is 24.3 Å². The van der Waals surface area contributed by atoms with Gasteiger partial charge in [0.25, 0.3) is 0 Å². The van der Waals surface area contributed by atoms with Gasteiger partial charge < -0.3 is 4.74 Å². The molecule has 0 heterocycles. The van der Waals surface area contributed by atoms with Crippen LogP contribution in [0.4, 0.5) is 5.69 Å². The molecule has 0 spiro atoms. The number of nitriles is 2. The van der Waals surface area contributed by atoms with E-state index in [9.17, 15) is 10.1 Å². The lowest BCUT2D eigenvalue weighted by Gasteiger charge is -2.07. The summed E-state index contributed by atoms with van der Waals surface area (Å²) >= 11 is 5.74. The number of nitro benzene ring substituents is 1. The van der Waals surface area contributed by atoms with Gasteiger partial charge in [0.1, 0.15) is 17.9 Å². The molecule has 0 bridgehead atoms. The van der Waals surface area contributed by atoms with Gasteiger partial charge in [0, 0.05) is 17.2 Å². The van der Waals surface area contributed by atoms with Gasteiger partial charge in [-0.2, -0.15) is 10.5 Å². The Balaban J connectivity index is 2.51. The van der Waals surface area contributed by atoms with Crippen molar-refractivity contribution in [3.05, 3.63) is 62.7 Å². The number of halogens is 1. The molecule has 6 nitrogen and oxygen atoms in total. The highest BCUT2D eigenvalue weighted by Crippen LogP contribution is 2.34. The van der Waals surface area contributed by atoms with Crippen LogP contribution >= 0.6 is 11.6 Å². The van der Waals surface area contributed by atoms with E-state index in [-0.39, 0.29) is 22.6 Å². The molecule has 0 amide bonds. The SMILES string of the molecule is N#Cc1cc(Oc2ccc(Cl)cc2)c([N+](=O)[O-])cc1C#N. The molecule has 0 radical (unpaired) electrons. The molecule has 0 atom stereocenters. The fourth-order valence-corrected chi connectivity index (χ4v) is 1.73. The van der Waals surface area contributed by atoms with Crippen molar-refractivity contribution in [1.29, 1.82) is 10.5 Å². The second-order valence-electron chi connectivity index (χ2n) is 3.90. The van der Waals surface area contributed by atoms with Crippen LogP contribution < -0.4 is 4.74 Å². The minimum Gasteiger partial charge on any atom is -0.450 e. The Morgan fingerprint density at radius 3 is 2.19 bits per heavy atom. The number of benzene rings is 2. The Bertz CT molecular complexity index is 789. The highest BCUT2D eigenvalue weighted by atomic mass is 35.5. The number of rotatable bonds is 3. The molecule has 21 heavy (non-hydrogen) atoms. The molecule has 0 aliphatic heterocycles. The first-order valence-corrected chi connectivity index (χ1v) is 5.99. The molecule has 0 unspecified atom stereocenters. The molecule has 0 aliphatic rings. The van der Waals surface area contributed by atoms with Crippen molar-refractivity contribution in [2.75, 3.05) is 0 Å². The van der Waals surface area contributed by atoms with Crippen molar-refractivity contribution >= 4 is 17.3 Å². The van der Waals surface area contributed by atoms with E-state index in [0.29, 0.717) is 10.8 Å². The molecule has 0 aromatic heterocycles. The second kappa shape index (κ2) is 5.91. The van der Waals surface area contributed by atoms with E-state index < -0.39 is 4.92 Å². The fourth-order valence-electron chi connectivity index (χ4n) is 1.61. The third-order valence-corrected chi connectivity index (χ3v) is 2.83. The number of hydrogen-bond acceptors (Lipinski definition) is 5. The Morgan fingerprint density at radius 1 is 1.10 bits per heavy atom. The number of nitrogens with zero attached hydrogens (tertiary/aromatic N) is 3. The Kier molecular flexibility index (Phi) is 4.03. The quantitative estimate of drug-likeness (QED) is 0.634. The highest BCUT2D eigenvalue weighted by molar-refractivity contribution is 6.30. The molecule has 0 aliphatic carbocycles. The fraction of sp³-hybridized carbons (Fsp3) is 0. The third-order valence-electron chi connectivity index (χ3n) is 2.58. The third kappa shape index (κ3) is 3.08. The minimum atomic E-state index is -0.673. The molecule has 0 fully saturated rings. The van der Waals surface area contributed by atoms with E-state index in [2.05, 4.69) is 0 Å². The van der Waals surface area contributed by atoms with Gasteiger partial charge in [-0.3, -0.25) is 10.1 Å². The maximum atomic E-state index is 11.0. The molecule has 0 N–H and O–H groups in total. The van der Waals surface area contributed by atoms with Crippen LogP contribution in [-0.2, 0) is 0 Å². The Hall–Kier alpha value is -3.09. The lowest BCUT2D eigenvalue weighted by atomic mass is 10.1. The summed E-state index contributed by atoms with van der Waals surface area (Å²) in [4.78, 5) is 10.4. The number of hydrogen-bond donors (Lipinski definition) is 0. The van der Waals surface area contributed by atoms with E-state index in [1.807, 2.05) is 0 Å². The van der Waals surface area contributed by atoms with Gasteiger partial charge in [0.2, 0.25) is 5.75 Å². The average molecular weight is 300 g/mol. The molecule has 2 aromatic carbocycles. The Morgan fingerprint density at radius 2 is 1.67 bits per heavy atom. The van der Waals surface area contributed by atoms with Crippen molar-refractivity contribution in [3.63, 3.8) is 0 Å². The standard InChI is InChI=1S/C14H6ClN3O3/c15-11-1-3-12(4-2-11)21-14-6-10(8-17)9(7-16)5-13(14)18(19)20/h1-6H. The largest absolute Gasteiger partial charge is 0.450 e. The van der Waals surface area contributed by atoms with Crippen molar-refractivity contribution in [1.82, 2.24) is 0 Å². The van der Waals surface area contributed by atoms with Crippen molar-refractivity contribution in [2.45, 2.75) is 0 Å². The van der Waals surface area contributed by atoms with Gasteiger partial charge in [-0.05, 0) is 24.3 Å². The van der Waals surface area contributed by atoms with Gasteiger partial charge in [-0.1, -0.05) is 11.6 Å². The Labute approximate surface area is 124 Å². The van der Waals surface area contributed by atoms with Crippen LogP contribution in [0.2, 0.25) is 5.02 Å². The molecule has 0 saturated carbocycles. The maximum absolute atomic E-state index is 11.0. The first-order valence-electron chi connectivity index (χ1n) is 5.61.